The van der Waals surface area contributed by atoms with Crippen molar-refractivity contribution in [2.24, 2.45) is 0 Å². The summed E-state index contributed by atoms with van der Waals surface area (Å²) >= 11 is 0. The van der Waals surface area contributed by atoms with Gasteiger partial charge in [-0.15, -0.1) is 0 Å². The number of anilines is 1. The van der Waals surface area contributed by atoms with Crippen LogP contribution in [0.4, 0.5) is 5.69 Å². The molecule has 0 unspecified atom stereocenters. The Hall–Kier alpha value is -4.05. The van der Waals surface area contributed by atoms with Crippen LogP contribution in [0.25, 0.3) is 0 Å². The van der Waals surface area contributed by atoms with E-state index in [2.05, 4.69) is 10.0 Å². The highest BCUT2D eigenvalue weighted by atomic mass is 32.2. The number of rotatable bonds is 8. The topological polar surface area (TPSA) is 120 Å². The molecule has 182 valence electrons. The van der Waals surface area contributed by atoms with Gasteiger partial charge in [0.2, 0.25) is 6.79 Å². The predicted molar refractivity (Wildman–Crippen MR) is 128 cm³/mol. The molecular formula is C25H24N2O7S. The minimum Gasteiger partial charge on any atom is -0.454 e. The summed E-state index contributed by atoms with van der Waals surface area (Å²) < 4.78 is 44.1. The summed E-state index contributed by atoms with van der Waals surface area (Å²) in [6.07, 6.45) is 0. The summed E-state index contributed by atoms with van der Waals surface area (Å²) in [5.41, 5.74) is 2.20. The first-order valence-corrected chi connectivity index (χ1v) is 12.2. The molecule has 0 aliphatic carbocycles. The smallest absolute Gasteiger partial charge is 0.340 e. The molecule has 0 atom stereocenters. The van der Waals surface area contributed by atoms with Crippen molar-refractivity contribution in [3.63, 3.8) is 0 Å². The van der Waals surface area contributed by atoms with Crippen molar-refractivity contribution in [3.05, 3.63) is 82.9 Å². The van der Waals surface area contributed by atoms with Gasteiger partial charge >= 0.3 is 5.97 Å². The average molecular weight is 497 g/mol. The first-order valence-electron chi connectivity index (χ1n) is 10.7. The zero-order valence-electron chi connectivity index (χ0n) is 19.2. The Morgan fingerprint density at radius 3 is 2.57 bits per heavy atom. The van der Waals surface area contributed by atoms with E-state index in [4.69, 9.17) is 14.2 Å². The molecule has 0 fully saturated rings. The fraction of sp³-hybridized carbons (Fsp3) is 0.200. The number of sulfonamides is 1. The quantitative estimate of drug-likeness (QED) is 0.459. The molecule has 0 spiro atoms. The van der Waals surface area contributed by atoms with Crippen LogP contribution in [0, 0.1) is 13.8 Å². The molecule has 1 heterocycles. The molecule has 0 saturated carbocycles. The molecule has 9 nitrogen and oxygen atoms in total. The van der Waals surface area contributed by atoms with Crippen molar-refractivity contribution >= 4 is 27.6 Å². The summed E-state index contributed by atoms with van der Waals surface area (Å²) in [7, 11) is -3.95. The summed E-state index contributed by atoms with van der Waals surface area (Å²) in [6.45, 7) is 3.32. The largest absolute Gasteiger partial charge is 0.454 e. The van der Waals surface area contributed by atoms with Crippen LogP contribution < -0.4 is 19.5 Å². The molecule has 3 aromatic carbocycles. The van der Waals surface area contributed by atoms with Crippen LogP contribution in [-0.2, 0) is 26.1 Å². The number of aryl methyl sites for hydroxylation is 2. The van der Waals surface area contributed by atoms with Crippen molar-refractivity contribution in [1.29, 1.82) is 0 Å². The fourth-order valence-corrected chi connectivity index (χ4v) is 4.87. The number of carbonyl (C=O) groups excluding carboxylic acids is 2. The minimum atomic E-state index is -3.95. The number of ether oxygens (including phenoxy) is 3. The van der Waals surface area contributed by atoms with Gasteiger partial charge in [-0.2, -0.15) is 0 Å². The lowest BCUT2D eigenvalue weighted by molar-refractivity contribution is -0.124. The second-order valence-electron chi connectivity index (χ2n) is 7.96. The van der Waals surface area contributed by atoms with E-state index in [-0.39, 0.29) is 29.5 Å². The van der Waals surface area contributed by atoms with E-state index in [1.165, 1.54) is 12.1 Å². The van der Waals surface area contributed by atoms with Gasteiger partial charge in [-0.05, 0) is 60.9 Å². The number of amides is 1. The van der Waals surface area contributed by atoms with Crippen molar-refractivity contribution < 1.29 is 32.2 Å². The van der Waals surface area contributed by atoms with E-state index in [0.717, 1.165) is 11.1 Å². The number of esters is 1. The van der Waals surface area contributed by atoms with Crippen molar-refractivity contribution in [2.75, 3.05) is 18.1 Å². The monoisotopic (exact) mass is 496 g/mol. The molecule has 0 aromatic heterocycles. The highest BCUT2D eigenvalue weighted by molar-refractivity contribution is 7.92. The molecule has 2 N–H and O–H groups in total. The third-order valence-electron chi connectivity index (χ3n) is 5.29. The Bertz CT molecular complexity index is 1390. The van der Waals surface area contributed by atoms with Crippen LogP contribution in [0.15, 0.2) is 65.6 Å². The maximum atomic E-state index is 13.0. The van der Waals surface area contributed by atoms with Gasteiger partial charge in [-0.25, -0.2) is 13.2 Å². The average Bonchev–Trinajstić information content (AvgIpc) is 3.30. The molecule has 1 aliphatic heterocycles. The lowest BCUT2D eigenvalue weighted by Gasteiger charge is -2.14. The molecule has 1 amide bonds. The van der Waals surface area contributed by atoms with Crippen LogP contribution in [-0.4, -0.2) is 33.7 Å². The van der Waals surface area contributed by atoms with E-state index in [0.29, 0.717) is 17.1 Å². The first kappa shape index (κ1) is 24.1. The number of fused-ring (bicyclic) bond motifs is 1. The Morgan fingerprint density at radius 1 is 0.971 bits per heavy atom. The van der Waals surface area contributed by atoms with Gasteiger partial charge in [0.05, 0.1) is 16.1 Å². The lowest BCUT2D eigenvalue weighted by atomic mass is 10.2. The van der Waals surface area contributed by atoms with Crippen molar-refractivity contribution in [1.82, 2.24) is 5.32 Å². The number of hydrogen-bond donors (Lipinski definition) is 2. The lowest BCUT2D eigenvalue weighted by Crippen LogP contribution is -2.28. The van der Waals surface area contributed by atoms with Gasteiger partial charge in [0.15, 0.2) is 18.1 Å². The van der Waals surface area contributed by atoms with Gasteiger partial charge in [-0.1, -0.05) is 30.3 Å². The van der Waals surface area contributed by atoms with E-state index in [1.807, 2.05) is 6.07 Å². The van der Waals surface area contributed by atoms with Gasteiger partial charge in [-0.3, -0.25) is 9.52 Å². The number of hydrogen-bond acceptors (Lipinski definition) is 7. The Labute approximate surface area is 203 Å². The normalized spacial score (nSPS) is 12.2. The number of para-hydroxylation sites is 1. The van der Waals surface area contributed by atoms with Gasteiger partial charge in [0, 0.05) is 6.54 Å². The molecule has 0 saturated heterocycles. The molecule has 0 bridgehead atoms. The predicted octanol–water partition coefficient (Wildman–Crippen LogP) is 3.31. The van der Waals surface area contributed by atoms with Crippen LogP contribution >= 0.6 is 0 Å². The second-order valence-corrected chi connectivity index (χ2v) is 9.61. The number of nitrogens with one attached hydrogen (secondary N) is 2. The summed E-state index contributed by atoms with van der Waals surface area (Å²) in [5, 5.41) is 2.66. The molecule has 1 aliphatic rings. The minimum absolute atomic E-state index is 0.00930. The van der Waals surface area contributed by atoms with Crippen molar-refractivity contribution in [2.45, 2.75) is 25.3 Å². The zero-order chi connectivity index (χ0) is 25.0. The molecule has 4 rings (SSSR count). The van der Waals surface area contributed by atoms with Gasteiger partial charge in [0.1, 0.15) is 0 Å². The third-order valence-corrected chi connectivity index (χ3v) is 6.79. The summed E-state index contributed by atoms with van der Waals surface area (Å²) in [4.78, 5) is 25.0. The SMILES string of the molecule is Cc1ccc(C)c(S(=O)(=O)Nc2ccccc2C(=O)OCC(=O)NCc2ccc3c(c2)OCO3)c1. The van der Waals surface area contributed by atoms with Crippen LogP contribution in [0.1, 0.15) is 27.0 Å². The van der Waals surface area contributed by atoms with Crippen molar-refractivity contribution in [3.8, 4) is 11.5 Å². The van der Waals surface area contributed by atoms with Gasteiger partial charge < -0.3 is 19.5 Å². The summed E-state index contributed by atoms with van der Waals surface area (Å²) in [5.74, 6) is -0.101. The van der Waals surface area contributed by atoms with E-state index < -0.39 is 28.5 Å². The number of benzene rings is 3. The van der Waals surface area contributed by atoms with Crippen LogP contribution in [0.5, 0.6) is 11.5 Å². The van der Waals surface area contributed by atoms with Crippen LogP contribution in [0.3, 0.4) is 0 Å². The maximum Gasteiger partial charge on any atom is 0.340 e. The Morgan fingerprint density at radius 2 is 1.74 bits per heavy atom. The Kier molecular flexibility index (Phi) is 6.92. The highest BCUT2D eigenvalue weighted by Gasteiger charge is 2.22. The zero-order valence-corrected chi connectivity index (χ0v) is 20.0. The van der Waals surface area contributed by atoms with E-state index in [1.54, 1.807) is 56.3 Å². The van der Waals surface area contributed by atoms with Crippen LogP contribution in [0.2, 0.25) is 0 Å². The summed E-state index contributed by atoms with van der Waals surface area (Å²) in [6, 6.07) is 16.4. The maximum absolute atomic E-state index is 13.0. The number of carbonyl (C=O) groups is 2. The standard InChI is InChI=1S/C25H24N2O7S/c1-16-7-8-17(2)23(11-16)35(30,31)27-20-6-4-3-5-19(20)25(29)32-14-24(28)26-13-18-9-10-21-22(12-18)34-15-33-21/h3-12,27H,13-15H2,1-2H3,(H,26,28). The van der Waals surface area contributed by atoms with E-state index in [9.17, 15) is 18.0 Å². The molecule has 3 aromatic rings. The van der Waals surface area contributed by atoms with Gasteiger partial charge in [0.25, 0.3) is 15.9 Å². The highest BCUT2D eigenvalue weighted by Crippen LogP contribution is 2.32. The fourth-order valence-electron chi connectivity index (χ4n) is 3.46. The Balaban J connectivity index is 1.38. The molecule has 10 heteroatoms. The third kappa shape index (κ3) is 5.72. The second kappa shape index (κ2) is 10.1. The van der Waals surface area contributed by atoms with E-state index >= 15 is 0 Å². The molecule has 35 heavy (non-hydrogen) atoms. The molecule has 0 radical (unpaired) electrons. The molecular weight excluding hydrogens is 472 g/mol. The first-order chi connectivity index (χ1) is 16.7.